The van der Waals surface area contributed by atoms with Gasteiger partial charge in [0, 0.05) is 23.4 Å². The molecule has 2 rings (SSSR count). The second-order valence-electron chi connectivity index (χ2n) is 5.03. The summed E-state index contributed by atoms with van der Waals surface area (Å²) in [5, 5.41) is 2.82. The highest BCUT2D eigenvalue weighted by atomic mass is 32.2. The Labute approximate surface area is 146 Å². The molecule has 2 amide bonds. The van der Waals surface area contributed by atoms with Crippen molar-refractivity contribution in [3.63, 3.8) is 0 Å². The number of benzene rings is 2. The molecule has 2 aromatic carbocycles. The lowest BCUT2D eigenvalue weighted by molar-refractivity contribution is -0.128. The summed E-state index contributed by atoms with van der Waals surface area (Å²) >= 11 is 1.55. The van der Waals surface area contributed by atoms with Crippen molar-refractivity contribution >= 4 is 29.3 Å². The summed E-state index contributed by atoms with van der Waals surface area (Å²) in [4.78, 5) is 26.4. The summed E-state index contributed by atoms with van der Waals surface area (Å²) in [6.07, 6.45) is 1.94. The molecule has 122 valence electrons. The van der Waals surface area contributed by atoms with Gasteiger partial charge in [0.1, 0.15) is 6.54 Å². The van der Waals surface area contributed by atoms with Gasteiger partial charge in [-0.2, -0.15) is 0 Å². The molecule has 0 aliphatic rings. The van der Waals surface area contributed by atoms with E-state index in [1.807, 2.05) is 60.9 Å². The molecule has 5 heteroatoms. The van der Waals surface area contributed by atoms with E-state index in [4.69, 9.17) is 0 Å². The molecule has 0 saturated carbocycles. The summed E-state index contributed by atoms with van der Waals surface area (Å²) in [6, 6.07) is 16.8. The van der Waals surface area contributed by atoms with E-state index in [2.05, 4.69) is 17.2 Å². The Morgan fingerprint density at radius 1 is 1.08 bits per heavy atom. The molecule has 0 unspecified atom stereocenters. The van der Waals surface area contributed by atoms with Crippen molar-refractivity contribution in [2.24, 2.45) is 0 Å². The van der Waals surface area contributed by atoms with Gasteiger partial charge in [-0.1, -0.05) is 36.3 Å². The van der Waals surface area contributed by atoms with E-state index >= 15 is 0 Å². The highest BCUT2D eigenvalue weighted by molar-refractivity contribution is 7.98. The first-order valence-corrected chi connectivity index (χ1v) is 8.57. The molecule has 24 heavy (non-hydrogen) atoms. The van der Waals surface area contributed by atoms with Crippen LogP contribution in [0.2, 0.25) is 0 Å². The summed E-state index contributed by atoms with van der Waals surface area (Å²) in [5.74, 6) is 4.68. The maximum Gasteiger partial charge on any atom is 0.299 e. The SMILES string of the molecule is CSc1ccccc1NC(=O)CN(C)C(=O)C#Cc1ccccc1. The number of para-hydroxylation sites is 1. The van der Waals surface area contributed by atoms with Gasteiger partial charge in [0.15, 0.2) is 0 Å². The molecular formula is C19H18N2O2S. The van der Waals surface area contributed by atoms with Crippen molar-refractivity contribution in [2.45, 2.75) is 4.90 Å². The van der Waals surface area contributed by atoms with Crippen LogP contribution in [0.25, 0.3) is 0 Å². The van der Waals surface area contributed by atoms with Gasteiger partial charge in [-0.25, -0.2) is 0 Å². The van der Waals surface area contributed by atoms with Gasteiger partial charge in [0.05, 0.1) is 5.69 Å². The van der Waals surface area contributed by atoms with E-state index in [1.165, 1.54) is 4.90 Å². The fourth-order valence-electron chi connectivity index (χ4n) is 1.97. The van der Waals surface area contributed by atoms with Crippen molar-refractivity contribution in [3.8, 4) is 11.8 Å². The lowest BCUT2D eigenvalue weighted by Crippen LogP contribution is -2.34. The number of hydrogen-bond donors (Lipinski definition) is 1. The number of thioether (sulfide) groups is 1. The number of carbonyl (C=O) groups excluding carboxylic acids is 2. The lowest BCUT2D eigenvalue weighted by Gasteiger charge is -2.14. The molecule has 0 aliphatic heterocycles. The quantitative estimate of drug-likeness (QED) is 0.689. The third kappa shape index (κ3) is 5.18. The number of anilines is 1. The van der Waals surface area contributed by atoms with Crippen LogP contribution < -0.4 is 5.32 Å². The van der Waals surface area contributed by atoms with Crippen molar-refractivity contribution in [1.29, 1.82) is 0 Å². The Morgan fingerprint density at radius 2 is 1.75 bits per heavy atom. The van der Waals surface area contributed by atoms with Crippen LogP contribution in [0.4, 0.5) is 5.69 Å². The van der Waals surface area contributed by atoms with E-state index in [0.717, 1.165) is 16.1 Å². The van der Waals surface area contributed by atoms with Crippen molar-refractivity contribution in [2.75, 3.05) is 25.2 Å². The number of nitrogens with zero attached hydrogens (tertiary/aromatic N) is 1. The molecule has 1 N–H and O–H groups in total. The minimum Gasteiger partial charge on any atom is -0.326 e. The van der Waals surface area contributed by atoms with Gasteiger partial charge < -0.3 is 10.2 Å². The van der Waals surface area contributed by atoms with Crippen molar-refractivity contribution in [3.05, 3.63) is 60.2 Å². The van der Waals surface area contributed by atoms with Gasteiger partial charge in [-0.05, 0) is 30.5 Å². The van der Waals surface area contributed by atoms with Crippen LogP contribution in [-0.4, -0.2) is 36.6 Å². The summed E-state index contributed by atoms with van der Waals surface area (Å²) < 4.78 is 0. The number of rotatable bonds is 4. The largest absolute Gasteiger partial charge is 0.326 e. The average molecular weight is 338 g/mol. The second-order valence-corrected chi connectivity index (χ2v) is 5.87. The molecule has 0 aliphatic carbocycles. The third-order valence-corrected chi connectivity index (χ3v) is 3.99. The molecule has 0 bridgehead atoms. The fourth-order valence-corrected chi connectivity index (χ4v) is 2.52. The second kappa shape index (κ2) is 8.80. The molecule has 0 heterocycles. The van der Waals surface area contributed by atoms with Gasteiger partial charge in [-0.3, -0.25) is 9.59 Å². The van der Waals surface area contributed by atoms with Gasteiger partial charge >= 0.3 is 0 Å². The van der Waals surface area contributed by atoms with Gasteiger partial charge in [0.25, 0.3) is 5.91 Å². The maximum atomic E-state index is 12.1. The predicted octanol–water partition coefficient (Wildman–Crippen LogP) is 2.86. The highest BCUT2D eigenvalue weighted by Crippen LogP contribution is 2.24. The topological polar surface area (TPSA) is 49.4 Å². The van der Waals surface area contributed by atoms with Gasteiger partial charge in [0.2, 0.25) is 5.91 Å². The first-order valence-electron chi connectivity index (χ1n) is 7.35. The monoisotopic (exact) mass is 338 g/mol. The smallest absolute Gasteiger partial charge is 0.299 e. The Bertz CT molecular complexity index is 779. The van der Waals surface area contributed by atoms with Crippen LogP contribution in [0, 0.1) is 11.8 Å². The standard InChI is InChI=1S/C19H18N2O2S/c1-21(19(23)13-12-15-8-4-3-5-9-15)14-18(22)20-16-10-6-7-11-17(16)24-2/h3-11H,14H2,1-2H3,(H,20,22). The van der Waals surface area contributed by atoms with Crippen molar-refractivity contribution in [1.82, 2.24) is 4.90 Å². The number of nitrogens with one attached hydrogen (secondary N) is 1. The summed E-state index contributed by atoms with van der Waals surface area (Å²) in [7, 11) is 1.56. The Morgan fingerprint density at radius 3 is 2.46 bits per heavy atom. The molecule has 0 atom stereocenters. The molecule has 0 radical (unpaired) electrons. The fraction of sp³-hybridized carbons (Fsp3) is 0.158. The molecule has 4 nitrogen and oxygen atoms in total. The molecule has 0 fully saturated rings. The summed E-state index contributed by atoms with van der Waals surface area (Å²) in [6.45, 7) is -0.0506. The first-order chi connectivity index (χ1) is 11.6. The Kier molecular flexibility index (Phi) is 6.47. The first kappa shape index (κ1) is 17.6. The molecule has 2 aromatic rings. The third-order valence-electron chi connectivity index (χ3n) is 3.20. The minimum absolute atomic E-state index is 0.0506. The molecule has 0 saturated heterocycles. The van der Waals surface area contributed by atoms with Crippen LogP contribution in [-0.2, 0) is 9.59 Å². The van der Waals surface area contributed by atoms with Gasteiger partial charge in [-0.15, -0.1) is 11.8 Å². The van der Waals surface area contributed by atoms with Crippen molar-refractivity contribution < 1.29 is 9.59 Å². The minimum atomic E-state index is -0.396. The maximum absolute atomic E-state index is 12.1. The zero-order valence-electron chi connectivity index (χ0n) is 13.6. The van der Waals surface area contributed by atoms with E-state index in [9.17, 15) is 9.59 Å². The van der Waals surface area contributed by atoms with Crippen LogP contribution in [0.3, 0.4) is 0 Å². The number of carbonyl (C=O) groups is 2. The van der Waals surface area contributed by atoms with Crippen LogP contribution in [0.1, 0.15) is 5.56 Å². The number of likely N-dealkylation sites (N-methyl/N-ethyl adjacent to an activating group) is 1. The average Bonchev–Trinajstić information content (AvgIpc) is 2.60. The lowest BCUT2D eigenvalue weighted by atomic mass is 10.2. The van der Waals surface area contributed by atoms with E-state index in [1.54, 1.807) is 18.8 Å². The number of hydrogen-bond acceptors (Lipinski definition) is 3. The van der Waals surface area contributed by atoms with Crippen LogP contribution in [0.5, 0.6) is 0 Å². The molecule has 0 aromatic heterocycles. The Hall–Kier alpha value is -2.71. The van der Waals surface area contributed by atoms with E-state index in [-0.39, 0.29) is 12.5 Å². The molecule has 0 spiro atoms. The van der Waals surface area contributed by atoms with E-state index in [0.29, 0.717) is 0 Å². The summed E-state index contributed by atoms with van der Waals surface area (Å²) in [5.41, 5.74) is 1.50. The predicted molar refractivity (Wildman–Crippen MR) is 97.8 cm³/mol. The highest BCUT2D eigenvalue weighted by Gasteiger charge is 2.12. The van der Waals surface area contributed by atoms with Crippen LogP contribution >= 0.6 is 11.8 Å². The Balaban J connectivity index is 1.94. The normalized spacial score (nSPS) is 9.58. The zero-order valence-corrected chi connectivity index (χ0v) is 14.4. The number of amides is 2. The molecular weight excluding hydrogens is 320 g/mol. The zero-order chi connectivity index (χ0) is 17.4. The van der Waals surface area contributed by atoms with E-state index < -0.39 is 5.91 Å². The van der Waals surface area contributed by atoms with Crippen LogP contribution in [0.15, 0.2) is 59.5 Å².